The number of amides is 1. The van der Waals surface area contributed by atoms with Gasteiger partial charge in [0.1, 0.15) is 5.82 Å². The first-order valence-electron chi connectivity index (χ1n) is 8.73. The molecule has 0 unspecified atom stereocenters. The highest BCUT2D eigenvalue weighted by Gasteiger charge is 2.28. The number of aromatic nitrogens is 1. The van der Waals surface area contributed by atoms with Gasteiger partial charge in [-0.2, -0.15) is 0 Å². The molecule has 26 heavy (non-hydrogen) atoms. The number of rotatable bonds is 5. The van der Waals surface area contributed by atoms with E-state index < -0.39 is 5.82 Å². The smallest absolute Gasteiger partial charge is 0.309 e. The second-order valence-corrected chi connectivity index (χ2v) is 6.25. The van der Waals surface area contributed by atoms with Crippen molar-refractivity contribution >= 4 is 11.9 Å². The lowest BCUT2D eigenvalue weighted by Crippen LogP contribution is -2.41. The van der Waals surface area contributed by atoms with E-state index in [-0.39, 0.29) is 24.2 Å². The maximum Gasteiger partial charge on any atom is 0.309 e. The van der Waals surface area contributed by atoms with Crippen molar-refractivity contribution in [2.75, 3.05) is 19.7 Å². The third-order valence-electron chi connectivity index (χ3n) is 4.50. The average molecular weight is 360 g/mol. The Morgan fingerprint density at radius 2 is 2.04 bits per heavy atom. The number of hydrogen-bond donors (Lipinski definition) is 0. The van der Waals surface area contributed by atoms with Crippen LogP contribution in [-0.4, -0.2) is 41.6 Å². The van der Waals surface area contributed by atoms with E-state index in [2.05, 4.69) is 5.16 Å². The van der Waals surface area contributed by atoms with Gasteiger partial charge < -0.3 is 14.2 Å². The summed E-state index contributed by atoms with van der Waals surface area (Å²) in [5.41, 5.74) is 0.773. The van der Waals surface area contributed by atoms with Crippen LogP contribution < -0.4 is 0 Å². The Hall–Kier alpha value is -2.70. The van der Waals surface area contributed by atoms with E-state index in [9.17, 15) is 14.0 Å². The molecular formula is C19H21FN2O4. The maximum absolute atomic E-state index is 13.8. The Labute approximate surface area is 150 Å². The van der Waals surface area contributed by atoms with E-state index in [1.807, 2.05) is 0 Å². The number of carbonyl (C=O) groups excluding carboxylic acids is 2. The predicted octanol–water partition coefficient (Wildman–Crippen LogP) is 2.82. The van der Waals surface area contributed by atoms with Crippen LogP contribution in [0.5, 0.6) is 0 Å². The fraction of sp³-hybridized carbons (Fsp3) is 0.421. The van der Waals surface area contributed by atoms with Gasteiger partial charge in [0.15, 0.2) is 5.76 Å². The lowest BCUT2D eigenvalue weighted by Gasteiger charge is -2.30. The average Bonchev–Trinajstić information content (AvgIpc) is 3.10. The van der Waals surface area contributed by atoms with Crippen molar-refractivity contribution in [3.05, 3.63) is 41.8 Å². The lowest BCUT2D eigenvalue weighted by molar-refractivity contribution is -0.151. The van der Waals surface area contributed by atoms with Crippen LogP contribution >= 0.6 is 0 Å². The summed E-state index contributed by atoms with van der Waals surface area (Å²) in [5, 5.41) is 3.87. The minimum absolute atomic E-state index is 0.0827. The lowest BCUT2D eigenvalue weighted by atomic mass is 9.96. The fourth-order valence-corrected chi connectivity index (χ4v) is 3.07. The molecule has 0 radical (unpaired) electrons. The SMILES string of the molecule is CCOC(=O)C1CCN(C(=O)Cc2cc(-c3ccccc3F)on2)CC1. The molecule has 0 spiro atoms. The monoisotopic (exact) mass is 360 g/mol. The van der Waals surface area contributed by atoms with E-state index in [1.165, 1.54) is 6.07 Å². The number of ether oxygens (including phenoxy) is 1. The van der Waals surface area contributed by atoms with Gasteiger partial charge in [0.2, 0.25) is 5.91 Å². The molecule has 2 heterocycles. The van der Waals surface area contributed by atoms with Crippen molar-refractivity contribution < 1.29 is 23.2 Å². The van der Waals surface area contributed by atoms with Crippen LogP contribution in [0.15, 0.2) is 34.9 Å². The highest BCUT2D eigenvalue weighted by molar-refractivity contribution is 5.79. The maximum atomic E-state index is 13.8. The molecule has 6 nitrogen and oxygen atoms in total. The number of piperidine rings is 1. The summed E-state index contributed by atoms with van der Waals surface area (Å²) >= 11 is 0. The molecule has 0 bridgehead atoms. The second-order valence-electron chi connectivity index (χ2n) is 6.25. The van der Waals surface area contributed by atoms with Gasteiger partial charge in [0.25, 0.3) is 0 Å². The number of esters is 1. The molecular weight excluding hydrogens is 339 g/mol. The number of halogens is 1. The normalized spacial score (nSPS) is 15.1. The summed E-state index contributed by atoms with van der Waals surface area (Å²) in [6.07, 6.45) is 1.29. The van der Waals surface area contributed by atoms with Gasteiger partial charge >= 0.3 is 5.97 Å². The minimum Gasteiger partial charge on any atom is -0.466 e. The van der Waals surface area contributed by atoms with E-state index in [0.29, 0.717) is 49.6 Å². The Balaban J connectivity index is 1.56. The summed E-state index contributed by atoms with van der Waals surface area (Å²) in [5.74, 6) is -0.514. The topological polar surface area (TPSA) is 72.6 Å². The van der Waals surface area contributed by atoms with Gasteiger partial charge in [-0.3, -0.25) is 9.59 Å². The zero-order valence-electron chi connectivity index (χ0n) is 14.6. The summed E-state index contributed by atoms with van der Waals surface area (Å²) in [6, 6.07) is 7.83. The number of nitrogens with zero attached hydrogens (tertiary/aromatic N) is 2. The van der Waals surface area contributed by atoms with Crippen LogP contribution in [0, 0.1) is 11.7 Å². The molecule has 0 saturated carbocycles. The molecule has 1 aliphatic heterocycles. The quantitative estimate of drug-likeness (QED) is 0.767. The zero-order chi connectivity index (χ0) is 18.5. The molecule has 3 rings (SSSR count). The molecule has 1 aliphatic rings. The standard InChI is InChI=1S/C19H21FN2O4/c1-2-25-19(24)13-7-9-22(10-8-13)18(23)12-14-11-17(26-21-14)15-5-3-4-6-16(15)20/h3-6,11,13H,2,7-10,12H2,1H3. The van der Waals surface area contributed by atoms with Crippen LogP contribution in [0.1, 0.15) is 25.5 Å². The summed E-state index contributed by atoms with van der Waals surface area (Å²) < 4.78 is 24.0. The molecule has 1 aromatic carbocycles. The number of likely N-dealkylation sites (tertiary alicyclic amines) is 1. The van der Waals surface area contributed by atoms with Crippen molar-refractivity contribution in [1.29, 1.82) is 0 Å². The van der Waals surface area contributed by atoms with Gasteiger partial charge in [0, 0.05) is 19.2 Å². The van der Waals surface area contributed by atoms with Crippen molar-refractivity contribution in [2.24, 2.45) is 5.92 Å². The van der Waals surface area contributed by atoms with Crippen LogP contribution in [0.3, 0.4) is 0 Å². The first kappa shape index (κ1) is 18.1. The molecule has 1 aromatic heterocycles. The van der Waals surface area contributed by atoms with Gasteiger partial charge in [-0.25, -0.2) is 4.39 Å². The number of benzene rings is 1. The van der Waals surface area contributed by atoms with Gasteiger partial charge in [-0.05, 0) is 31.9 Å². The Kier molecular flexibility index (Phi) is 5.65. The van der Waals surface area contributed by atoms with E-state index in [4.69, 9.17) is 9.26 Å². The van der Waals surface area contributed by atoms with Gasteiger partial charge in [-0.1, -0.05) is 17.3 Å². The van der Waals surface area contributed by atoms with E-state index >= 15 is 0 Å². The summed E-state index contributed by atoms with van der Waals surface area (Å²) in [4.78, 5) is 25.9. The minimum atomic E-state index is -0.400. The highest BCUT2D eigenvalue weighted by Crippen LogP contribution is 2.24. The molecule has 138 valence electrons. The molecule has 0 N–H and O–H groups in total. The largest absolute Gasteiger partial charge is 0.466 e. The Bertz CT molecular complexity index is 781. The fourth-order valence-electron chi connectivity index (χ4n) is 3.07. The van der Waals surface area contributed by atoms with Crippen LogP contribution in [0.2, 0.25) is 0 Å². The first-order chi connectivity index (χ1) is 12.6. The van der Waals surface area contributed by atoms with Crippen LogP contribution in [0.4, 0.5) is 4.39 Å². The molecule has 1 amide bonds. The van der Waals surface area contributed by atoms with Gasteiger partial charge in [0.05, 0.1) is 30.2 Å². The summed E-state index contributed by atoms with van der Waals surface area (Å²) in [6.45, 7) is 3.18. The summed E-state index contributed by atoms with van der Waals surface area (Å²) in [7, 11) is 0. The molecule has 2 aromatic rings. The zero-order valence-corrected chi connectivity index (χ0v) is 14.6. The molecule has 0 atom stereocenters. The van der Waals surface area contributed by atoms with Crippen molar-refractivity contribution in [1.82, 2.24) is 10.1 Å². The van der Waals surface area contributed by atoms with Crippen LogP contribution in [-0.2, 0) is 20.7 Å². The number of carbonyl (C=O) groups is 2. The predicted molar refractivity (Wildman–Crippen MR) is 91.5 cm³/mol. The Morgan fingerprint density at radius 1 is 1.31 bits per heavy atom. The Morgan fingerprint density at radius 3 is 2.73 bits per heavy atom. The van der Waals surface area contributed by atoms with E-state index in [1.54, 1.807) is 36.1 Å². The number of hydrogen-bond acceptors (Lipinski definition) is 5. The van der Waals surface area contributed by atoms with Crippen LogP contribution in [0.25, 0.3) is 11.3 Å². The van der Waals surface area contributed by atoms with E-state index in [0.717, 1.165) is 0 Å². The van der Waals surface area contributed by atoms with Crippen molar-refractivity contribution in [3.8, 4) is 11.3 Å². The highest BCUT2D eigenvalue weighted by atomic mass is 19.1. The second kappa shape index (κ2) is 8.12. The van der Waals surface area contributed by atoms with Crippen molar-refractivity contribution in [2.45, 2.75) is 26.2 Å². The van der Waals surface area contributed by atoms with Gasteiger partial charge in [-0.15, -0.1) is 0 Å². The first-order valence-corrected chi connectivity index (χ1v) is 8.73. The third-order valence-corrected chi connectivity index (χ3v) is 4.50. The molecule has 1 fully saturated rings. The van der Waals surface area contributed by atoms with Crippen molar-refractivity contribution in [3.63, 3.8) is 0 Å². The third kappa shape index (κ3) is 4.09. The molecule has 7 heteroatoms. The molecule has 1 saturated heterocycles. The molecule has 0 aliphatic carbocycles.